The SMILES string of the molecule is N#Cc1cn(-c2c(Cl)cc(Cl)cc2Cl)cc1S(=O)(Cl)(Cl)CF. The monoisotopic (exact) mass is 420 g/mol. The lowest BCUT2D eigenvalue weighted by atomic mass is 10.3. The number of nitrogens with zero attached hydrogens (tertiary/aromatic N) is 2. The maximum atomic E-state index is 13.1. The van der Waals surface area contributed by atoms with E-state index in [-0.39, 0.29) is 26.2 Å². The molecule has 0 radical (unpaired) electrons. The van der Waals surface area contributed by atoms with Gasteiger partial charge in [0.2, 0.25) is 0 Å². The summed E-state index contributed by atoms with van der Waals surface area (Å²) in [5.74, 6) is 0. The Kier molecular flexibility index (Phi) is 4.76. The molecule has 1 aromatic heterocycles. The molecule has 0 amide bonds. The van der Waals surface area contributed by atoms with E-state index in [4.69, 9.17) is 61.4 Å². The second-order valence-corrected chi connectivity index (χ2v) is 12.4. The molecule has 3 nitrogen and oxygen atoms in total. The predicted octanol–water partition coefficient (Wildman–Crippen LogP) is 5.72. The van der Waals surface area contributed by atoms with Gasteiger partial charge in [-0.25, -0.2) is 8.60 Å². The van der Waals surface area contributed by atoms with Gasteiger partial charge in [0.05, 0.1) is 33.7 Å². The van der Waals surface area contributed by atoms with Gasteiger partial charge in [-0.05, 0) is 33.5 Å². The van der Waals surface area contributed by atoms with E-state index in [1.165, 1.54) is 22.9 Å². The van der Waals surface area contributed by atoms with Gasteiger partial charge in [-0.3, -0.25) is 0 Å². The van der Waals surface area contributed by atoms with Crippen LogP contribution < -0.4 is 0 Å². The van der Waals surface area contributed by atoms with Crippen molar-refractivity contribution >= 4 is 63.7 Å². The third-order valence-corrected chi connectivity index (χ3v) is 6.54. The summed E-state index contributed by atoms with van der Waals surface area (Å²) in [6, 6.07) is 3.10. The summed E-state index contributed by atoms with van der Waals surface area (Å²) in [5, 5.41) is 9.79. The molecule has 0 aliphatic heterocycles. The van der Waals surface area contributed by atoms with Crippen LogP contribution in [0.4, 0.5) is 4.39 Å². The summed E-state index contributed by atoms with van der Waals surface area (Å²) in [7, 11) is 6.55. The molecule has 22 heavy (non-hydrogen) atoms. The van der Waals surface area contributed by atoms with Crippen LogP contribution in [0.1, 0.15) is 5.56 Å². The van der Waals surface area contributed by atoms with Crippen molar-refractivity contribution in [1.29, 1.82) is 5.26 Å². The zero-order chi connectivity index (χ0) is 16.7. The van der Waals surface area contributed by atoms with Crippen LogP contribution in [-0.2, 0) is 7.49 Å². The minimum absolute atomic E-state index is 0.151. The van der Waals surface area contributed by atoms with Crippen molar-refractivity contribution in [3.05, 3.63) is 45.2 Å². The molecule has 0 bridgehead atoms. The molecule has 0 atom stereocenters. The molecule has 0 fully saturated rings. The second-order valence-electron chi connectivity index (χ2n) is 4.28. The van der Waals surface area contributed by atoms with Gasteiger partial charge in [0.1, 0.15) is 6.07 Å². The van der Waals surface area contributed by atoms with Crippen LogP contribution in [0.25, 0.3) is 5.69 Å². The third-order valence-electron chi connectivity index (χ3n) is 2.74. The van der Waals surface area contributed by atoms with E-state index >= 15 is 0 Å². The average molecular weight is 423 g/mol. The first kappa shape index (κ1) is 17.9. The topological polar surface area (TPSA) is 45.8 Å². The van der Waals surface area contributed by atoms with Gasteiger partial charge >= 0.3 is 0 Å². The molecule has 0 N–H and O–H groups in total. The first-order valence-corrected chi connectivity index (χ1v) is 10.4. The predicted molar refractivity (Wildman–Crippen MR) is 89.6 cm³/mol. The van der Waals surface area contributed by atoms with Gasteiger partial charge in [-0.1, -0.05) is 34.8 Å². The molecule has 1 heterocycles. The van der Waals surface area contributed by atoms with Gasteiger partial charge in [0.15, 0.2) is 6.01 Å². The molecular weight excluding hydrogens is 416 g/mol. The highest BCUT2D eigenvalue weighted by Crippen LogP contribution is 2.47. The molecular formula is C12H6Cl5FN2OS. The van der Waals surface area contributed by atoms with Crippen molar-refractivity contribution in [2.75, 3.05) is 6.01 Å². The van der Waals surface area contributed by atoms with Gasteiger partial charge < -0.3 is 4.57 Å². The minimum atomic E-state index is -4.81. The molecule has 0 aliphatic carbocycles. The molecule has 1 aromatic carbocycles. The van der Waals surface area contributed by atoms with Crippen LogP contribution in [0, 0.1) is 11.3 Å². The van der Waals surface area contributed by atoms with Crippen molar-refractivity contribution in [2.24, 2.45) is 0 Å². The van der Waals surface area contributed by atoms with Crippen LogP contribution in [0.3, 0.4) is 0 Å². The number of benzene rings is 1. The highest BCUT2D eigenvalue weighted by atomic mass is 36.0. The second kappa shape index (κ2) is 5.86. The highest BCUT2D eigenvalue weighted by Gasteiger charge is 2.38. The van der Waals surface area contributed by atoms with E-state index in [1.807, 2.05) is 0 Å². The van der Waals surface area contributed by atoms with E-state index in [0.717, 1.165) is 6.20 Å². The minimum Gasteiger partial charge on any atom is -0.319 e. The molecule has 118 valence electrons. The zero-order valence-electron chi connectivity index (χ0n) is 10.5. The quantitative estimate of drug-likeness (QED) is 0.594. The largest absolute Gasteiger partial charge is 0.319 e. The van der Waals surface area contributed by atoms with Crippen molar-refractivity contribution in [1.82, 2.24) is 4.57 Å². The number of hydrogen-bond donors (Lipinski definition) is 0. The highest BCUT2D eigenvalue weighted by molar-refractivity contribution is 8.53. The summed E-state index contributed by atoms with van der Waals surface area (Å²) in [6.07, 6.45) is 2.42. The Morgan fingerprint density at radius 3 is 2.18 bits per heavy atom. The number of alkyl halides is 1. The summed E-state index contributed by atoms with van der Waals surface area (Å²) in [5.41, 5.74) is 0.118. The van der Waals surface area contributed by atoms with Gasteiger partial charge in [-0.15, -0.1) is 0 Å². The lowest BCUT2D eigenvalue weighted by Crippen LogP contribution is -2.19. The number of aromatic nitrogens is 1. The Morgan fingerprint density at radius 2 is 1.73 bits per heavy atom. The van der Waals surface area contributed by atoms with Gasteiger partial charge in [0.25, 0.3) is 0 Å². The fourth-order valence-corrected chi connectivity index (χ4v) is 4.48. The van der Waals surface area contributed by atoms with E-state index in [1.54, 1.807) is 6.07 Å². The standard InChI is InChI=1S/C12H6Cl5FN2OS/c13-8-1-9(14)12(10(15)2-8)20-4-7(3-19)11(5-20)22(16,17,21)6-18/h1-2,4-5H,6H2. The Balaban J connectivity index is 2.75. The lowest BCUT2D eigenvalue weighted by Gasteiger charge is -2.23. The Bertz CT molecular complexity index is 844. The summed E-state index contributed by atoms with van der Waals surface area (Å²) in [6.45, 7) is 0. The van der Waals surface area contributed by atoms with E-state index in [2.05, 4.69) is 0 Å². The van der Waals surface area contributed by atoms with E-state index in [9.17, 15) is 8.60 Å². The van der Waals surface area contributed by atoms with Crippen LogP contribution in [0.5, 0.6) is 0 Å². The normalized spacial score (nSPS) is 13.4. The van der Waals surface area contributed by atoms with Crippen molar-refractivity contribution in [2.45, 2.75) is 4.90 Å². The van der Waals surface area contributed by atoms with E-state index < -0.39 is 13.5 Å². The third kappa shape index (κ3) is 3.23. The molecule has 10 heteroatoms. The number of rotatable bonds is 3. The van der Waals surface area contributed by atoms with Crippen LogP contribution in [0.15, 0.2) is 29.4 Å². The zero-order valence-corrected chi connectivity index (χ0v) is 15.1. The molecule has 0 unspecified atom stereocenters. The average Bonchev–Trinajstić information content (AvgIpc) is 2.82. The Morgan fingerprint density at radius 1 is 1.18 bits per heavy atom. The Hall–Kier alpha value is -0.480. The summed E-state index contributed by atoms with van der Waals surface area (Å²) < 4.78 is 26.7. The summed E-state index contributed by atoms with van der Waals surface area (Å²) in [4.78, 5) is -0.326. The van der Waals surface area contributed by atoms with Crippen molar-refractivity contribution in [3.63, 3.8) is 0 Å². The molecule has 0 saturated heterocycles. The molecule has 0 aliphatic rings. The molecule has 0 spiro atoms. The van der Waals surface area contributed by atoms with Gasteiger partial charge in [0, 0.05) is 17.4 Å². The van der Waals surface area contributed by atoms with Crippen molar-refractivity contribution in [3.8, 4) is 11.8 Å². The fourth-order valence-electron chi connectivity index (χ4n) is 1.79. The number of hydrogen-bond acceptors (Lipinski definition) is 2. The lowest BCUT2D eigenvalue weighted by molar-refractivity contribution is 0.575. The maximum Gasteiger partial charge on any atom is 0.173 e. The van der Waals surface area contributed by atoms with Gasteiger partial charge in [-0.2, -0.15) is 5.26 Å². The summed E-state index contributed by atoms with van der Waals surface area (Å²) >= 11 is 18.0. The maximum absolute atomic E-state index is 13.1. The smallest absolute Gasteiger partial charge is 0.173 e. The molecule has 0 saturated carbocycles. The number of halogens is 6. The molecule has 2 aromatic rings. The Labute approximate surface area is 149 Å². The first-order valence-electron chi connectivity index (χ1n) is 5.50. The van der Waals surface area contributed by atoms with E-state index in [0.29, 0.717) is 5.02 Å². The first-order chi connectivity index (χ1) is 10.1. The van der Waals surface area contributed by atoms with Crippen molar-refractivity contribution < 1.29 is 8.60 Å². The van der Waals surface area contributed by atoms with Crippen LogP contribution in [0.2, 0.25) is 15.1 Å². The molecule has 2 rings (SSSR count). The number of nitriles is 1. The van der Waals surface area contributed by atoms with Crippen LogP contribution >= 0.6 is 56.2 Å². The van der Waals surface area contributed by atoms with Crippen LogP contribution in [-0.4, -0.2) is 14.8 Å². The fraction of sp³-hybridized carbons (Fsp3) is 0.0833.